The van der Waals surface area contributed by atoms with Gasteiger partial charge in [0.1, 0.15) is 0 Å². The fourth-order valence-electron chi connectivity index (χ4n) is 7.25. The van der Waals surface area contributed by atoms with Crippen LogP contribution in [0.4, 0.5) is 0 Å². The van der Waals surface area contributed by atoms with Crippen LogP contribution in [-0.4, -0.2) is 23.1 Å². The topological polar surface area (TPSA) is 60.4 Å². The number of allylic oxidation sites excluding steroid dienone is 1. The van der Waals surface area contributed by atoms with Crippen LogP contribution in [0.1, 0.15) is 65.7 Å². The molecule has 0 N–H and O–H groups in total. The highest BCUT2D eigenvalue weighted by molar-refractivity contribution is 5.93. The van der Waals surface area contributed by atoms with Gasteiger partial charge in [0.05, 0.1) is 0 Å². The lowest BCUT2D eigenvalue weighted by Gasteiger charge is -2.55. The highest BCUT2D eigenvalue weighted by atomic mass is 16.6. The summed E-state index contributed by atoms with van der Waals surface area (Å²) in [4.78, 5) is 36.6. The molecule has 0 spiro atoms. The van der Waals surface area contributed by atoms with Gasteiger partial charge in [-0.15, -0.1) is 0 Å². The third-order valence-corrected chi connectivity index (χ3v) is 8.25. The van der Waals surface area contributed by atoms with Gasteiger partial charge in [0, 0.05) is 18.8 Å². The molecule has 0 aliphatic heterocycles. The van der Waals surface area contributed by atoms with Gasteiger partial charge < -0.3 is 4.74 Å². The second-order valence-corrected chi connectivity index (χ2v) is 9.40. The van der Waals surface area contributed by atoms with Crippen molar-refractivity contribution in [1.29, 1.82) is 0 Å². The van der Waals surface area contributed by atoms with Crippen LogP contribution in [0.2, 0.25) is 0 Å². The zero-order valence-electron chi connectivity index (χ0n) is 16.7. The standard InChI is InChI=1S/C23H30O4/c1-13-11-21-20-7-5-16-12-17(26)6-8-18(16)19(20)9-10-22(21,4)23(13,14(2)24)27-15(3)25/h12,18-21H,1,5-11H2,2-4H3/t18-,19+,20+,21-,22-,23-/m0/s1. The Morgan fingerprint density at radius 2 is 1.89 bits per heavy atom. The van der Waals surface area contributed by atoms with E-state index in [9.17, 15) is 14.4 Å². The number of ketones is 2. The van der Waals surface area contributed by atoms with Crippen LogP contribution in [0.25, 0.3) is 0 Å². The fourth-order valence-corrected chi connectivity index (χ4v) is 7.25. The Kier molecular flexibility index (Phi) is 4.25. The molecule has 0 aromatic carbocycles. The Balaban J connectivity index is 1.71. The molecule has 0 aromatic heterocycles. The maximum Gasteiger partial charge on any atom is 0.303 e. The van der Waals surface area contributed by atoms with E-state index in [0.717, 1.165) is 44.1 Å². The van der Waals surface area contributed by atoms with Crippen LogP contribution in [-0.2, 0) is 19.1 Å². The second kappa shape index (κ2) is 6.15. The summed E-state index contributed by atoms with van der Waals surface area (Å²) >= 11 is 0. The molecule has 0 radical (unpaired) electrons. The van der Waals surface area contributed by atoms with Gasteiger partial charge in [0.25, 0.3) is 0 Å². The minimum Gasteiger partial charge on any atom is -0.446 e. The minimum atomic E-state index is -1.17. The van der Waals surface area contributed by atoms with Crippen molar-refractivity contribution >= 4 is 17.5 Å². The van der Waals surface area contributed by atoms with E-state index in [0.29, 0.717) is 30.1 Å². The molecule has 4 nitrogen and oxygen atoms in total. The molecule has 3 saturated carbocycles. The summed E-state index contributed by atoms with van der Waals surface area (Å²) in [6.07, 6.45) is 8.23. The average Bonchev–Trinajstić information content (AvgIpc) is 2.82. The summed E-state index contributed by atoms with van der Waals surface area (Å²) in [6, 6.07) is 0. The first-order valence-corrected chi connectivity index (χ1v) is 10.3. The van der Waals surface area contributed by atoms with Crippen molar-refractivity contribution in [3.05, 3.63) is 23.8 Å². The number of carbonyl (C=O) groups excluding carboxylic acids is 3. The first-order chi connectivity index (χ1) is 12.7. The maximum atomic E-state index is 12.8. The van der Waals surface area contributed by atoms with Gasteiger partial charge in [-0.05, 0) is 80.8 Å². The molecule has 0 bridgehead atoms. The summed E-state index contributed by atoms with van der Waals surface area (Å²) in [5.41, 5.74) is 0.575. The van der Waals surface area contributed by atoms with E-state index in [1.54, 1.807) is 6.92 Å². The van der Waals surface area contributed by atoms with Crippen molar-refractivity contribution in [2.75, 3.05) is 0 Å². The lowest BCUT2D eigenvalue weighted by Crippen LogP contribution is -2.58. The van der Waals surface area contributed by atoms with E-state index in [2.05, 4.69) is 13.5 Å². The molecule has 27 heavy (non-hydrogen) atoms. The monoisotopic (exact) mass is 370 g/mol. The SMILES string of the molecule is C=C1C[C@H]2[C@@H]3CCC4=CC(=O)CC[C@@H]4[C@H]3CC[C@]2(C)[C@@]1(OC(C)=O)C(C)=O. The number of Topliss-reactive ketones (excluding diaryl/α,β-unsaturated/α-hetero) is 1. The smallest absolute Gasteiger partial charge is 0.303 e. The summed E-state index contributed by atoms with van der Waals surface area (Å²) in [6.45, 7) is 9.30. The van der Waals surface area contributed by atoms with Gasteiger partial charge in [0.2, 0.25) is 0 Å². The van der Waals surface area contributed by atoms with Gasteiger partial charge in [-0.25, -0.2) is 0 Å². The lowest BCUT2D eigenvalue weighted by atomic mass is 9.50. The molecule has 0 aromatic rings. The van der Waals surface area contributed by atoms with E-state index in [4.69, 9.17) is 4.74 Å². The van der Waals surface area contributed by atoms with E-state index in [1.165, 1.54) is 12.5 Å². The van der Waals surface area contributed by atoms with Crippen LogP contribution in [0.3, 0.4) is 0 Å². The summed E-state index contributed by atoms with van der Waals surface area (Å²) in [5, 5.41) is 0. The Morgan fingerprint density at radius 1 is 1.15 bits per heavy atom. The van der Waals surface area contributed by atoms with Crippen molar-refractivity contribution in [2.24, 2.45) is 29.1 Å². The van der Waals surface area contributed by atoms with Crippen molar-refractivity contribution in [1.82, 2.24) is 0 Å². The van der Waals surface area contributed by atoms with Gasteiger partial charge in [-0.1, -0.05) is 19.1 Å². The van der Waals surface area contributed by atoms with Crippen LogP contribution < -0.4 is 0 Å². The fraction of sp³-hybridized carbons (Fsp3) is 0.696. The lowest BCUT2D eigenvalue weighted by molar-refractivity contribution is -0.180. The number of ether oxygens (including phenoxy) is 1. The zero-order chi connectivity index (χ0) is 19.6. The highest BCUT2D eigenvalue weighted by Crippen LogP contribution is 2.67. The van der Waals surface area contributed by atoms with Crippen molar-refractivity contribution < 1.29 is 19.1 Å². The van der Waals surface area contributed by atoms with Crippen LogP contribution in [0.5, 0.6) is 0 Å². The highest BCUT2D eigenvalue weighted by Gasteiger charge is 2.68. The quantitative estimate of drug-likeness (QED) is 0.540. The molecule has 6 atom stereocenters. The van der Waals surface area contributed by atoms with Crippen LogP contribution in [0.15, 0.2) is 23.8 Å². The first kappa shape index (κ1) is 18.6. The van der Waals surface area contributed by atoms with E-state index >= 15 is 0 Å². The molecule has 0 heterocycles. The average molecular weight is 370 g/mol. The Labute approximate surface area is 161 Å². The van der Waals surface area contributed by atoms with Gasteiger partial charge >= 0.3 is 5.97 Å². The van der Waals surface area contributed by atoms with Gasteiger partial charge in [-0.2, -0.15) is 0 Å². The number of carbonyl (C=O) groups is 3. The summed E-state index contributed by atoms with van der Waals surface area (Å²) in [5.74, 6) is 1.68. The third kappa shape index (κ3) is 2.44. The Hall–Kier alpha value is -1.71. The molecule has 0 unspecified atom stereocenters. The van der Waals surface area contributed by atoms with Crippen molar-refractivity contribution in [2.45, 2.75) is 71.3 Å². The third-order valence-electron chi connectivity index (χ3n) is 8.25. The maximum absolute atomic E-state index is 12.8. The molecule has 0 saturated heterocycles. The molecule has 146 valence electrons. The molecule has 3 fully saturated rings. The molecule has 0 amide bonds. The van der Waals surface area contributed by atoms with Crippen molar-refractivity contribution in [3.63, 3.8) is 0 Å². The predicted molar refractivity (Wildman–Crippen MR) is 102 cm³/mol. The van der Waals surface area contributed by atoms with E-state index < -0.39 is 11.6 Å². The number of rotatable bonds is 2. The molecular formula is C23H30O4. The Bertz CT molecular complexity index is 762. The normalized spacial score (nSPS) is 43.3. The Morgan fingerprint density at radius 3 is 2.56 bits per heavy atom. The van der Waals surface area contributed by atoms with Crippen LogP contribution in [0, 0.1) is 29.1 Å². The van der Waals surface area contributed by atoms with Crippen molar-refractivity contribution in [3.8, 4) is 0 Å². The number of fused-ring (bicyclic) bond motifs is 5. The summed E-state index contributed by atoms with van der Waals surface area (Å²) < 4.78 is 5.80. The molecule has 4 aliphatic carbocycles. The summed E-state index contributed by atoms with van der Waals surface area (Å²) in [7, 11) is 0. The van der Waals surface area contributed by atoms with Crippen LogP contribution >= 0.6 is 0 Å². The predicted octanol–water partition coefficient (Wildman–Crippen LogP) is 4.19. The molecule has 4 heteroatoms. The number of esters is 1. The number of hydrogen-bond donors (Lipinski definition) is 0. The van der Waals surface area contributed by atoms with Gasteiger partial charge in [0.15, 0.2) is 17.2 Å². The molecular weight excluding hydrogens is 340 g/mol. The first-order valence-electron chi connectivity index (χ1n) is 10.3. The van der Waals surface area contributed by atoms with Gasteiger partial charge in [-0.3, -0.25) is 14.4 Å². The van der Waals surface area contributed by atoms with E-state index in [1.807, 2.05) is 6.08 Å². The zero-order valence-corrected chi connectivity index (χ0v) is 16.7. The van der Waals surface area contributed by atoms with E-state index in [-0.39, 0.29) is 17.0 Å². The number of hydrogen-bond acceptors (Lipinski definition) is 4. The molecule has 4 rings (SSSR count). The minimum absolute atomic E-state index is 0.0918. The molecule has 4 aliphatic rings. The largest absolute Gasteiger partial charge is 0.446 e. The second-order valence-electron chi connectivity index (χ2n) is 9.40.